The molecule has 1 heterocycles. The maximum atomic E-state index is 14.6. The molecular weight excluding hydrogens is 429 g/mol. The number of amides is 1. The monoisotopic (exact) mass is 455 g/mol. The number of pyridine rings is 1. The minimum absolute atomic E-state index is 0.134. The second-order valence-corrected chi connectivity index (χ2v) is 9.53. The highest BCUT2D eigenvalue weighted by Crippen LogP contribution is 2.28. The topological polar surface area (TPSA) is 83.4 Å². The fourth-order valence-electron chi connectivity index (χ4n) is 3.37. The van der Waals surface area contributed by atoms with Gasteiger partial charge in [0, 0.05) is 35.9 Å². The number of aryl methyl sites for hydroxylation is 1. The molecule has 0 aliphatic heterocycles. The van der Waals surface area contributed by atoms with Crippen molar-refractivity contribution in [2.24, 2.45) is 0 Å². The Balaban J connectivity index is 1.77. The number of hydrogen-bond donors (Lipinski definition) is 1. The zero-order valence-electron chi connectivity index (χ0n) is 18.3. The number of carbonyl (C=O) groups is 1. The first-order valence-corrected chi connectivity index (χ1v) is 11.9. The number of methoxy groups -OCH3 is 1. The summed E-state index contributed by atoms with van der Waals surface area (Å²) in [5, 5.41) is 0. The molecule has 8 heteroatoms. The summed E-state index contributed by atoms with van der Waals surface area (Å²) in [5.74, 6) is -0.0642. The molecule has 0 aliphatic rings. The smallest absolute Gasteiger partial charge is 0.226 e. The van der Waals surface area contributed by atoms with E-state index in [-0.39, 0.29) is 17.3 Å². The van der Waals surface area contributed by atoms with Gasteiger partial charge in [0.15, 0.2) is 0 Å². The van der Waals surface area contributed by atoms with Crippen molar-refractivity contribution in [3.05, 3.63) is 72.2 Å². The van der Waals surface area contributed by atoms with Gasteiger partial charge in [0.1, 0.15) is 5.82 Å². The molecule has 1 amide bonds. The molecule has 0 radical (unpaired) electrons. The van der Waals surface area contributed by atoms with Crippen molar-refractivity contribution in [1.82, 2.24) is 4.98 Å². The van der Waals surface area contributed by atoms with Gasteiger partial charge < -0.3 is 9.64 Å². The van der Waals surface area contributed by atoms with Crippen LogP contribution in [-0.4, -0.2) is 35.0 Å². The van der Waals surface area contributed by atoms with E-state index in [1.807, 2.05) is 6.07 Å². The number of anilines is 1. The van der Waals surface area contributed by atoms with Crippen molar-refractivity contribution in [3.8, 4) is 17.0 Å². The zero-order valence-corrected chi connectivity index (χ0v) is 19.1. The summed E-state index contributed by atoms with van der Waals surface area (Å²) in [5.41, 5.74) is 2.38. The Morgan fingerprint density at radius 1 is 1.16 bits per heavy atom. The summed E-state index contributed by atoms with van der Waals surface area (Å²) in [6.07, 6.45) is 2.31. The Bertz CT molecular complexity index is 1210. The molecule has 0 spiro atoms. The lowest BCUT2D eigenvalue weighted by molar-refractivity contribution is -0.118. The molecule has 0 bridgehead atoms. The third kappa shape index (κ3) is 5.13. The van der Waals surface area contributed by atoms with Crippen molar-refractivity contribution < 1.29 is 18.1 Å². The van der Waals surface area contributed by atoms with Gasteiger partial charge in [0.25, 0.3) is 0 Å². The first-order valence-electron chi connectivity index (χ1n) is 10.2. The van der Waals surface area contributed by atoms with Crippen LogP contribution in [0.25, 0.3) is 11.1 Å². The number of ether oxygens (including phenoxy) is 1. The predicted molar refractivity (Wildman–Crippen MR) is 124 cm³/mol. The average Bonchev–Trinajstić information content (AvgIpc) is 2.82. The summed E-state index contributed by atoms with van der Waals surface area (Å²) < 4.78 is 41.1. The third-order valence-electron chi connectivity index (χ3n) is 5.26. The molecule has 6 nitrogen and oxygen atoms in total. The Morgan fingerprint density at radius 3 is 2.47 bits per heavy atom. The van der Waals surface area contributed by atoms with Crippen LogP contribution in [0.3, 0.4) is 0 Å². The molecular formula is C24H26FN3O3S. The van der Waals surface area contributed by atoms with Gasteiger partial charge >= 0.3 is 0 Å². The molecule has 1 atom stereocenters. The molecule has 1 unspecified atom stereocenters. The van der Waals surface area contributed by atoms with Crippen LogP contribution < -0.4 is 9.64 Å². The lowest BCUT2D eigenvalue weighted by Gasteiger charge is -2.18. The Labute approximate surface area is 188 Å². The first-order chi connectivity index (χ1) is 15.3. The fraction of sp³-hybridized carbons (Fsp3) is 0.250. The summed E-state index contributed by atoms with van der Waals surface area (Å²) in [6, 6.07) is 15.0. The van der Waals surface area contributed by atoms with E-state index >= 15 is 0 Å². The number of nitrogens with zero attached hydrogens (tertiary/aromatic N) is 2. The number of carbonyl (C=O) groups excluding carboxylic acids is 1. The van der Waals surface area contributed by atoms with Crippen LogP contribution >= 0.6 is 0 Å². The Hall–Kier alpha value is -3.26. The normalized spacial score (nSPS) is 12.8. The number of aromatic nitrogens is 1. The van der Waals surface area contributed by atoms with E-state index in [0.717, 1.165) is 11.1 Å². The molecule has 0 saturated carbocycles. The maximum Gasteiger partial charge on any atom is 0.226 e. The average molecular weight is 456 g/mol. The highest BCUT2D eigenvalue weighted by molar-refractivity contribution is 7.92. The molecule has 2 aromatic carbocycles. The van der Waals surface area contributed by atoms with Crippen LogP contribution in [0.2, 0.25) is 0 Å². The Kier molecular flexibility index (Phi) is 7.25. The standard InChI is InChI=1S/C24H26FN3O3S/c1-4-23(29)28(2)22-12-9-19(16-21(22)25)17-7-10-20(11-8-17)32(26,30)15-13-18-6-5-14-27-24(18)31-3/h5-12,14,16,26H,4,13,15H2,1-3H3. The van der Waals surface area contributed by atoms with Crippen LogP contribution in [-0.2, 0) is 20.9 Å². The van der Waals surface area contributed by atoms with Crippen LogP contribution in [0.15, 0.2) is 65.7 Å². The van der Waals surface area contributed by atoms with Crippen LogP contribution in [0.1, 0.15) is 18.9 Å². The van der Waals surface area contributed by atoms with Crippen molar-refractivity contribution >= 4 is 21.3 Å². The molecule has 1 aromatic heterocycles. The molecule has 1 N–H and O–H groups in total. The van der Waals surface area contributed by atoms with Gasteiger partial charge in [0.2, 0.25) is 11.8 Å². The lowest BCUT2D eigenvalue weighted by Crippen LogP contribution is -2.25. The highest BCUT2D eigenvalue weighted by atomic mass is 32.2. The number of nitrogens with one attached hydrogen (secondary N) is 1. The second kappa shape index (κ2) is 9.91. The molecule has 0 aliphatic carbocycles. The zero-order chi connectivity index (χ0) is 23.3. The van der Waals surface area contributed by atoms with E-state index in [4.69, 9.17) is 9.52 Å². The largest absolute Gasteiger partial charge is 0.481 e. The maximum absolute atomic E-state index is 14.6. The van der Waals surface area contributed by atoms with Gasteiger partial charge in [-0.25, -0.2) is 18.4 Å². The fourth-order valence-corrected chi connectivity index (χ4v) is 4.69. The predicted octanol–water partition coefficient (Wildman–Crippen LogP) is 4.92. The lowest BCUT2D eigenvalue weighted by atomic mass is 10.0. The number of halogens is 1. The third-order valence-corrected chi connectivity index (χ3v) is 7.07. The van der Waals surface area contributed by atoms with E-state index < -0.39 is 15.5 Å². The van der Waals surface area contributed by atoms with Crippen LogP contribution in [0.4, 0.5) is 10.1 Å². The first kappa shape index (κ1) is 23.4. The number of hydrogen-bond acceptors (Lipinski definition) is 5. The summed E-state index contributed by atoms with van der Waals surface area (Å²) >= 11 is 0. The minimum Gasteiger partial charge on any atom is -0.481 e. The summed E-state index contributed by atoms with van der Waals surface area (Å²) in [7, 11) is 0.0492. The second-order valence-electron chi connectivity index (χ2n) is 7.30. The molecule has 32 heavy (non-hydrogen) atoms. The van der Waals surface area contributed by atoms with Gasteiger partial charge in [-0.3, -0.25) is 4.79 Å². The molecule has 0 saturated heterocycles. The summed E-state index contributed by atoms with van der Waals surface area (Å²) in [6.45, 7) is 1.73. The molecule has 0 fully saturated rings. The van der Waals surface area contributed by atoms with Crippen molar-refractivity contribution in [3.63, 3.8) is 0 Å². The van der Waals surface area contributed by atoms with Gasteiger partial charge in [-0.1, -0.05) is 31.2 Å². The molecule has 168 valence electrons. The van der Waals surface area contributed by atoms with E-state index in [1.165, 1.54) is 18.1 Å². The van der Waals surface area contributed by atoms with Crippen molar-refractivity contribution in [2.75, 3.05) is 24.8 Å². The Morgan fingerprint density at radius 2 is 1.84 bits per heavy atom. The van der Waals surface area contributed by atoms with Crippen molar-refractivity contribution in [1.29, 1.82) is 4.78 Å². The molecule has 3 aromatic rings. The van der Waals surface area contributed by atoms with E-state index in [1.54, 1.807) is 62.6 Å². The minimum atomic E-state index is -3.02. The molecule has 3 rings (SSSR count). The SMILES string of the molecule is CCC(=O)N(C)c1ccc(-c2ccc(S(=N)(=O)CCc3cccnc3OC)cc2)cc1F. The van der Waals surface area contributed by atoms with E-state index in [0.29, 0.717) is 29.2 Å². The van der Waals surface area contributed by atoms with Crippen LogP contribution in [0.5, 0.6) is 5.88 Å². The van der Waals surface area contributed by atoms with Gasteiger partial charge in [-0.2, -0.15) is 0 Å². The summed E-state index contributed by atoms with van der Waals surface area (Å²) in [4.78, 5) is 17.7. The van der Waals surface area contributed by atoms with Gasteiger partial charge in [-0.15, -0.1) is 0 Å². The van der Waals surface area contributed by atoms with Crippen LogP contribution in [0, 0.1) is 10.6 Å². The van der Waals surface area contributed by atoms with Gasteiger partial charge in [-0.05, 0) is 47.9 Å². The van der Waals surface area contributed by atoms with E-state index in [9.17, 15) is 13.4 Å². The van der Waals surface area contributed by atoms with Gasteiger partial charge in [0.05, 0.1) is 22.5 Å². The van der Waals surface area contributed by atoms with E-state index in [2.05, 4.69) is 4.98 Å². The number of benzene rings is 2. The highest BCUT2D eigenvalue weighted by Gasteiger charge is 2.16. The van der Waals surface area contributed by atoms with Crippen molar-refractivity contribution in [2.45, 2.75) is 24.7 Å². The quantitative estimate of drug-likeness (QED) is 0.523. The number of rotatable bonds is 8.